The zero-order chi connectivity index (χ0) is 17.1. The van der Waals surface area contributed by atoms with Crippen LogP contribution in [0.4, 0.5) is 5.82 Å². The Balaban J connectivity index is 1.87. The number of aliphatic hydroxyl groups is 1. The van der Waals surface area contributed by atoms with Gasteiger partial charge in [-0.3, -0.25) is 0 Å². The Hall–Kier alpha value is -2.02. The van der Waals surface area contributed by atoms with Crippen LogP contribution in [0.2, 0.25) is 0 Å². The van der Waals surface area contributed by atoms with E-state index in [1.165, 1.54) is 0 Å². The summed E-state index contributed by atoms with van der Waals surface area (Å²) >= 11 is 1.60. The summed E-state index contributed by atoms with van der Waals surface area (Å²) in [4.78, 5) is 11.4. The molecule has 3 rings (SSSR count). The van der Waals surface area contributed by atoms with Gasteiger partial charge in [0, 0.05) is 30.5 Å². The average Bonchev–Trinajstić information content (AvgIpc) is 3.08. The molecule has 24 heavy (non-hydrogen) atoms. The lowest BCUT2D eigenvalue weighted by Gasteiger charge is -2.20. The van der Waals surface area contributed by atoms with E-state index >= 15 is 0 Å². The molecule has 5 nitrogen and oxygen atoms in total. The molecule has 0 fully saturated rings. The first-order valence-corrected chi connectivity index (χ1v) is 8.68. The van der Waals surface area contributed by atoms with Crippen LogP contribution in [0.3, 0.4) is 0 Å². The van der Waals surface area contributed by atoms with Crippen LogP contribution in [-0.2, 0) is 17.9 Å². The number of hydrogen-bond acceptors (Lipinski definition) is 6. The molecule has 0 saturated carbocycles. The summed E-state index contributed by atoms with van der Waals surface area (Å²) in [6.45, 7) is 2.58. The van der Waals surface area contributed by atoms with Crippen molar-refractivity contribution in [3.05, 3.63) is 52.0 Å². The maximum Gasteiger partial charge on any atom is 0.134 e. The summed E-state index contributed by atoms with van der Waals surface area (Å²) < 4.78 is 5.31. The van der Waals surface area contributed by atoms with Gasteiger partial charge >= 0.3 is 0 Å². The molecule has 126 valence electrons. The van der Waals surface area contributed by atoms with Crippen molar-refractivity contribution in [1.82, 2.24) is 9.97 Å². The molecule has 0 bridgehead atoms. The van der Waals surface area contributed by atoms with Crippen LogP contribution < -0.4 is 4.90 Å². The van der Waals surface area contributed by atoms with Crippen LogP contribution in [0, 0.1) is 0 Å². The Bertz CT molecular complexity index is 834. The molecule has 0 amide bonds. The molecule has 1 unspecified atom stereocenters. The van der Waals surface area contributed by atoms with E-state index in [0.29, 0.717) is 6.54 Å². The number of para-hydroxylation sites is 1. The Morgan fingerprint density at radius 1 is 1.29 bits per heavy atom. The van der Waals surface area contributed by atoms with Gasteiger partial charge in [0.25, 0.3) is 0 Å². The van der Waals surface area contributed by atoms with E-state index in [-0.39, 0.29) is 12.7 Å². The van der Waals surface area contributed by atoms with Crippen molar-refractivity contribution in [3.8, 4) is 0 Å². The minimum absolute atomic E-state index is 0.000790. The van der Waals surface area contributed by atoms with Gasteiger partial charge in [0.2, 0.25) is 0 Å². The fourth-order valence-corrected chi connectivity index (χ4v) is 3.44. The topological polar surface area (TPSA) is 58.5 Å². The first kappa shape index (κ1) is 16.8. The molecule has 2 aromatic heterocycles. The van der Waals surface area contributed by atoms with Crippen molar-refractivity contribution in [2.24, 2.45) is 0 Å². The number of hydrogen-bond donors (Lipinski definition) is 1. The normalized spacial score (nSPS) is 12.5. The summed E-state index contributed by atoms with van der Waals surface area (Å²) in [6, 6.07) is 9.92. The number of fused-ring (bicyclic) bond motifs is 1. The number of nitrogens with zero attached hydrogens (tertiary/aromatic N) is 3. The van der Waals surface area contributed by atoms with Gasteiger partial charge in [-0.05, 0) is 19.1 Å². The highest BCUT2D eigenvalue weighted by molar-refractivity contribution is 7.09. The third-order valence-corrected chi connectivity index (χ3v) is 5.04. The zero-order valence-corrected chi connectivity index (χ0v) is 14.9. The van der Waals surface area contributed by atoms with Gasteiger partial charge in [-0.2, -0.15) is 0 Å². The molecule has 0 aliphatic carbocycles. The number of aromatic nitrogens is 2. The van der Waals surface area contributed by atoms with Crippen molar-refractivity contribution < 1.29 is 9.84 Å². The molecule has 0 saturated heterocycles. The maximum absolute atomic E-state index is 9.70. The number of methoxy groups -OCH3 is 1. The fraction of sp³-hybridized carbons (Fsp3) is 0.333. The van der Waals surface area contributed by atoms with Gasteiger partial charge in [0.15, 0.2) is 0 Å². The van der Waals surface area contributed by atoms with Crippen molar-refractivity contribution in [3.63, 3.8) is 0 Å². The number of benzene rings is 1. The van der Waals surface area contributed by atoms with Crippen molar-refractivity contribution in [2.75, 3.05) is 19.1 Å². The van der Waals surface area contributed by atoms with Crippen LogP contribution in [0.1, 0.15) is 29.3 Å². The van der Waals surface area contributed by atoms with Gasteiger partial charge in [-0.15, -0.1) is 11.3 Å². The molecule has 0 aliphatic heterocycles. The summed E-state index contributed by atoms with van der Waals surface area (Å²) in [7, 11) is 3.65. The Kier molecular flexibility index (Phi) is 5.08. The van der Waals surface area contributed by atoms with E-state index in [0.717, 1.165) is 33.0 Å². The van der Waals surface area contributed by atoms with Crippen molar-refractivity contribution in [1.29, 1.82) is 0 Å². The number of ether oxygens (including phenoxy) is 1. The van der Waals surface area contributed by atoms with Gasteiger partial charge in [-0.1, -0.05) is 18.2 Å². The number of anilines is 1. The van der Waals surface area contributed by atoms with Gasteiger partial charge in [-0.25, -0.2) is 9.97 Å². The number of pyridine rings is 1. The van der Waals surface area contributed by atoms with Gasteiger partial charge in [0.05, 0.1) is 24.4 Å². The van der Waals surface area contributed by atoms with E-state index in [1.807, 2.05) is 54.6 Å². The van der Waals surface area contributed by atoms with Crippen LogP contribution >= 0.6 is 11.3 Å². The quantitative estimate of drug-likeness (QED) is 0.742. The van der Waals surface area contributed by atoms with Crippen LogP contribution in [0.5, 0.6) is 0 Å². The largest absolute Gasteiger partial charge is 0.392 e. The molecule has 3 aromatic rings. The lowest BCUT2D eigenvalue weighted by molar-refractivity contribution is 0.119. The molecule has 0 aliphatic rings. The van der Waals surface area contributed by atoms with Gasteiger partial charge in [0.1, 0.15) is 16.9 Å². The zero-order valence-electron chi connectivity index (χ0n) is 14.1. The predicted molar refractivity (Wildman–Crippen MR) is 97.3 cm³/mol. The highest BCUT2D eigenvalue weighted by Crippen LogP contribution is 2.26. The third-order valence-electron chi connectivity index (χ3n) is 3.98. The molecule has 2 heterocycles. The monoisotopic (exact) mass is 343 g/mol. The molecule has 1 aromatic carbocycles. The van der Waals surface area contributed by atoms with Crippen molar-refractivity contribution in [2.45, 2.75) is 26.2 Å². The Labute approximate surface area is 145 Å². The maximum atomic E-state index is 9.70. The van der Waals surface area contributed by atoms with Crippen LogP contribution in [-0.4, -0.2) is 29.2 Å². The lowest BCUT2D eigenvalue weighted by Crippen LogP contribution is -2.20. The summed E-state index contributed by atoms with van der Waals surface area (Å²) in [6.07, 6.45) is 0.000790. The lowest BCUT2D eigenvalue weighted by atomic mass is 10.1. The second kappa shape index (κ2) is 7.25. The second-order valence-electron chi connectivity index (χ2n) is 5.73. The molecular weight excluding hydrogens is 322 g/mol. The molecule has 0 radical (unpaired) electrons. The highest BCUT2D eigenvalue weighted by atomic mass is 32.1. The van der Waals surface area contributed by atoms with E-state index in [4.69, 9.17) is 9.72 Å². The predicted octanol–water partition coefficient (Wildman–Crippen LogP) is 3.53. The minimum atomic E-state index is -0.0411. The van der Waals surface area contributed by atoms with E-state index in [2.05, 4.69) is 4.98 Å². The Morgan fingerprint density at radius 3 is 2.83 bits per heavy atom. The first-order valence-electron chi connectivity index (χ1n) is 7.80. The fourth-order valence-electron chi connectivity index (χ4n) is 2.60. The van der Waals surface area contributed by atoms with E-state index in [9.17, 15) is 5.11 Å². The summed E-state index contributed by atoms with van der Waals surface area (Å²) in [5.41, 5.74) is 2.71. The van der Waals surface area contributed by atoms with Crippen LogP contribution in [0.25, 0.3) is 10.9 Å². The smallest absolute Gasteiger partial charge is 0.134 e. The minimum Gasteiger partial charge on any atom is -0.392 e. The molecule has 1 atom stereocenters. The number of aliphatic hydroxyl groups excluding tert-OH is 1. The molecule has 0 spiro atoms. The number of rotatable bonds is 6. The van der Waals surface area contributed by atoms with Crippen molar-refractivity contribution >= 4 is 28.1 Å². The summed E-state index contributed by atoms with van der Waals surface area (Å²) in [5.74, 6) is 0.783. The average molecular weight is 343 g/mol. The van der Waals surface area contributed by atoms with Crippen LogP contribution in [0.15, 0.2) is 35.7 Å². The van der Waals surface area contributed by atoms with Gasteiger partial charge < -0.3 is 14.7 Å². The SMILES string of the molecule is COC(C)c1nc(CN(C)c2nc3ccccc3cc2CO)cs1. The number of thiazole rings is 1. The molecular formula is C18H21N3O2S. The summed E-state index contributed by atoms with van der Waals surface area (Å²) in [5, 5.41) is 13.7. The first-order chi connectivity index (χ1) is 11.6. The van der Waals surface area contributed by atoms with E-state index < -0.39 is 0 Å². The molecule has 1 N–H and O–H groups in total. The third kappa shape index (κ3) is 3.40. The highest BCUT2D eigenvalue weighted by Gasteiger charge is 2.14. The Morgan fingerprint density at radius 2 is 2.08 bits per heavy atom. The molecule has 6 heteroatoms. The van der Waals surface area contributed by atoms with E-state index in [1.54, 1.807) is 18.4 Å². The standard InChI is InChI=1S/C18H21N3O2S/c1-12(23-3)18-19-15(11-24-18)9-21(2)17-14(10-22)8-13-6-4-5-7-16(13)20-17/h4-8,11-12,22H,9-10H2,1-3H3. The second-order valence-corrected chi connectivity index (χ2v) is 6.62.